The molecule has 0 aliphatic heterocycles. The minimum Gasteiger partial charge on any atom is -0.363 e. The molecule has 0 amide bonds. The highest BCUT2D eigenvalue weighted by molar-refractivity contribution is 7.15. The summed E-state index contributed by atoms with van der Waals surface area (Å²) >= 11 is 6.93. The van der Waals surface area contributed by atoms with Crippen LogP contribution in [0.25, 0.3) is 0 Å². The van der Waals surface area contributed by atoms with Gasteiger partial charge in [-0.1, -0.05) is 11.6 Å². The largest absolute Gasteiger partial charge is 0.363 e. The number of aromatic nitrogens is 1. The Hall–Kier alpha value is -0.160. The van der Waals surface area contributed by atoms with E-state index < -0.39 is 6.29 Å². The molecule has 1 N–H and O–H groups in total. The monoisotopic (exact) mass is 193 g/mol. The van der Waals surface area contributed by atoms with Crippen molar-refractivity contribution in [2.24, 2.45) is 0 Å². The molecule has 0 aliphatic rings. The molecule has 0 saturated heterocycles. The molecule has 1 heterocycles. The van der Waals surface area contributed by atoms with Crippen LogP contribution < -0.4 is 0 Å². The molecule has 0 aliphatic carbocycles. The lowest BCUT2D eigenvalue weighted by Crippen LogP contribution is -2.00. The third-order valence-electron chi connectivity index (χ3n) is 1.26. The van der Waals surface area contributed by atoms with Gasteiger partial charge in [0.2, 0.25) is 0 Å². The van der Waals surface area contributed by atoms with Crippen LogP contribution in [0.3, 0.4) is 0 Å². The molecule has 0 radical (unpaired) electrons. The van der Waals surface area contributed by atoms with Crippen molar-refractivity contribution in [3.05, 3.63) is 15.0 Å². The molecular weight excluding hydrogens is 186 g/mol. The van der Waals surface area contributed by atoms with E-state index in [9.17, 15) is 5.11 Å². The Morgan fingerprint density at radius 2 is 2.36 bits per heavy atom. The maximum atomic E-state index is 9.19. The molecule has 1 unspecified atom stereocenters. The van der Waals surface area contributed by atoms with E-state index in [1.165, 1.54) is 18.4 Å². The lowest BCUT2D eigenvalue weighted by Gasteiger charge is -2.04. The zero-order valence-electron chi connectivity index (χ0n) is 6.17. The van der Waals surface area contributed by atoms with E-state index in [-0.39, 0.29) is 0 Å². The van der Waals surface area contributed by atoms with Crippen molar-refractivity contribution in [3.63, 3.8) is 0 Å². The smallest absolute Gasteiger partial charge is 0.199 e. The summed E-state index contributed by atoms with van der Waals surface area (Å²) in [4.78, 5) is 4.77. The fourth-order valence-electron chi connectivity index (χ4n) is 0.716. The Morgan fingerprint density at radius 1 is 1.73 bits per heavy atom. The first kappa shape index (κ1) is 8.93. The molecule has 0 saturated carbocycles. The lowest BCUT2D eigenvalue weighted by molar-refractivity contribution is -0.0798. The summed E-state index contributed by atoms with van der Waals surface area (Å²) in [5.41, 5.74) is 0.502. The molecule has 1 aromatic heterocycles. The van der Waals surface area contributed by atoms with Crippen LogP contribution in [-0.4, -0.2) is 17.2 Å². The summed E-state index contributed by atoms with van der Waals surface area (Å²) in [5, 5.41) is 9.19. The highest BCUT2D eigenvalue weighted by atomic mass is 35.5. The van der Waals surface area contributed by atoms with Crippen LogP contribution in [0.1, 0.15) is 16.9 Å². The van der Waals surface area contributed by atoms with Gasteiger partial charge in [0.15, 0.2) is 10.8 Å². The van der Waals surface area contributed by atoms with Gasteiger partial charge in [0.1, 0.15) is 5.69 Å². The lowest BCUT2D eigenvalue weighted by atomic mass is 10.4. The fraction of sp³-hybridized carbons (Fsp3) is 0.500. The fourth-order valence-corrected chi connectivity index (χ4v) is 1.80. The molecule has 5 heteroatoms. The van der Waals surface area contributed by atoms with Crippen molar-refractivity contribution in [2.75, 3.05) is 7.11 Å². The van der Waals surface area contributed by atoms with Crippen molar-refractivity contribution in [1.29, 1.82) is 0 Å². The number of rotatable bonds is 2. The normalized spacial score (nSPS) is 13.5. The number of aryl methyl sites for hydroxylation is 1. The van der Waals surface area contributed by atoms with Gasteiger partial charge in [-0.2, -0.15) is 0 Å². The molecule has 1 aromatic rings. The average molecular weight is 194 g/mol. The van der Waals surface area contributed by atoms with Crippen LogP contribution in [0.4, 0.5) is 0 Å². The van der Waals surface area contributed by atoms with Crippen LogP contribution >= 0.6 is 22.9 Å². The Bertz CT molecular complexity index is 251. The number of methoxy groups -OCH3 is 1. The predicted octanol–water partition coefficient (Wildman–Crippen LogP) is 1.74. The SMILES string of the molecule is COC(O)c1nc(Cl)sc1C. The van der Waals surface area contributed by atoms with Gasteiger partial charge in [0.25, 0.3) is 0 Å². The summed E-state index contributed by atoms with van der Waals surface area (Å²) in [7, 11) is 1.41. The van der Waals surface area contributed by atoms with Crippen LogP contribution in [0, 0.1) is 6.92 Å². The molecule has 0 aromatic carbocycles. The second kappa shape index (κ2) is 3.49. The highest BCUT2D eigenvalue weighted by Crippen LogP contribution is 2.26. The number of aliphatic hydroxyl groups excluding tert-OH is 1. The first-order chi connectivity index (χ1) is 5.15. The van der Waals surface area contributed by atoms with Gasteiger partial charge in [-0.15, -0.1) is 11.3 Å². The summed E-state index contributed by atoms with van der Waals surface area (Å²) < 4.78 is 5.10. The number of thiazole rings is 1. The standard InChI is InChI=1S/C6H8ClNO2S/c1-3-4(5(9)10-2)8-6(7)11-3/h5,9H,1-2H3. The van der Waals surface area contributed by atoms with Crippen LogP contribution in [0.2, 0.25) is 4.47 Å². The summed E-state index contributed by atoms with van der Waals surface area (Å²) in [5.74, 6) is 0. The van der Waals surface area contributed by atoms with Crippen molar-refractivity contribution < 1.29 is 9.84 Å². The maximum absolute atomic E-state index is 9.19. The van der Waals surface area contributed by atoms with Crippen LogP contribution in [0.15, 0.2) is 0 Å². The molecular formula is C6H8ClNO2S. The van der Waals surface area contributed by atoms with E-state index in [1.807, 2.05) is 6.92 Å². The Balaban J connectivity index is 2.93. The predicted molar refractivity (Wildman–Crippen MR) is 43.8 cm³/mol. The summed E-state index contributed by atoms with van der Waals surface area (Å²) in [6.45, 7) is 1.83. The van der Waals surface area contributed by atoms with Gasteiger partial charge in [0, 0.05) is 12.0 Å². The minimum atomic E-state index is -0.959. The van der Waals surface area contributed by atoms with Gasteiger partial charge in [0.05, 0.1) is 0 Å². The molecule has 1 atom stereocenters. The van der Waals surface area contributed by atoms with Crippen molar-refractivity contribution in [2.45, 2.75) is 13.2 Å². The van der Waals surface area contributed by atoms with Crippen LogP contribution in [0.5, 0.6) is 0 Å². The highest BCUT2D eigenvalue weighted by Gasteiger charge is 2.13. The zero-order chi connectivity index (χ0) is 8.43. The Morgan fingerprint density at radius 3 is 2.73 bits per heavy atom. The molecule has 11 heavy (non-hydrogen) atoms. The number of aliphatic hydroxyl groups is 1. The first-order valence-corrected chi connectivity index (χ1v) is 4.18. The Kier molecular flexibility index (Phi) is 2.84. The van der Waals surface area contributed by atoms with E-state index in [1.54, 1.807) is 0 Å². The minimum absolute atomic E-state index is 0.425. The van der Waals surface area contributed by atoms with Crippen molar-refractivity contribution >= 4 is 22.9 Å². The third-order valence-corrected chi connectivity index (χ3v) is 2.35. The van der Waals surface area contributed by atoms with E-state index >= 15 is 0 Å². The van der Waals surface area contributed by atoms with Gasteiger partial charge in [-0.3, -0.25) is 0 Å². The molecule has 3 nitrogen and oxygen atoms in total. The van der Waals surface area contributed by atoms with E-state index in [0.717, 1.165) is 4.88 Å². The molecule has 0 spiro atoms. The molecule has 0 bridgehead atoms. The average Bonchev–Trinajstić information content (AvgIpc) is 2.28. The topological polar surface area (TPSA) is 42.4 Å². The number of halogens is 1. The molecule has 0 fully saturated rings. The number of ether oxygens (including phenoxy) is 1. The van der Waals surface area contributed by atoms with Gasteiger partial charge in [-0.25, -0.2) is 4.98 Å². The third kappa shape index (κ3) is 1.90. The molecule has 62 valence electrons. The quantitative estimate of drug-likeness (QED) is 0.728. The van der Waals surface area contributed by atoms with Crippen molar-refractivity contribution in [3.8, 4) is 0 Å². The van der Waals surface area contributed by atoms with E-state index in [2.05, 4.69) is 9.72 Å². The zero-order valence-corrected chi connectivity index (χ0v) is 7.74. The van der Waals surface area contributed by atoms with Crippen LogP contribution in [-0.2, 0) is 4.74 Å². The van der Waals surface area contributed by atoms with Crippen molar-refractivity contribution in [1.82, 2.24) is 4.98 Å². The van der Waals surface area contributed by atoms with E-state index in [0.29, 0.717) is 10.2 Å². The van der Waals surface area contributed by atoms with Gasteiger partial charge < -0.3 is 9.84 Å². The van der Waals surface area contributed by atoms with Gasteiger partial charge >= 0.3 is 0 Å². The van der Waals surface area contributed by atoms with E-state index in [4.69, 9.17) is 11.6 Å². The molecule has 1 rings (SSSR count). The van der Waals surface area contributed by atoms with Gasteiger partial charge in [-0.05, 0) is 6.92 Å². The second-order valence-electron chi connectivity index (χ2n) is 2.00. The number of hydrogen-bond donors (Lipinski definition) is 1. The summed E-state index contributed by atoms with van der Waals surface area (Å²) in [6.07, 6.45) is -0.959. The summed E-state index contributed by atoms with van der Waals surface area (Å²) in [6, 6.07) is 0. The number of nitrogens with zero attached hydrogens (tertiary/aromatic N) is 1. The second-order valence-corrected chi connectivity index (χ2v) is 3.78. The Labute approximate surface area is 73.6 Å². The first-order valence-electron chi connectivity index (χ1n) is 2.99. The maximum Gasteiger partial charge on any atom is 0.199 e. The number of hydrogen-bond acceptors (Lipinski definition) is 4.